The van der Waals surface area contributed by atoms with Crippen molar-refractivity contribution in [2.45, 2.75) is 38.5 Å². The highest BCUT2D eigenvalue weighted by molar-refractivity contribution is 5.68. The van der Waals surface area contributed by atoms with Crippen molar-refractivity contribution in [3.8, 4) is 28.8 Å². The summed E-state index contributed by atoms with van der Waals surface area (Å²) in [6.45, 7) is 8.04. The second-order valence-electron chi connectivity index (χ2n) is 10.9. The molecule has 4 aromatic rings. The minimum Gasteiger partial charge on any atom is -0.487 e. The van der Waals surface area contributed by atoms with Gasteiger partial charge in [0.15, 0.2) is 0 Å². The van der Waals surface area contributed by atoms with E-state index in [0.717, 1.165) is 69.2 Å². The number of benzene rings is 1. The van der Waals surface area contributed by atoms with Crippen molar-refractivity contribution >= 4 is 17.5 Å². The van der Waals surface area contributed by atoms with E-state index >= 15 is 0 Å². The fraction of sp³-hybridized carbons (Fsp3) is 0.419. The van der Waals surface area contributed by atoms with Gasteiger partial charge in [-0.25, -0.2) is 19.6 Å². The zero-order chi connectivity index (χ0) is 30.3. The normalized spacial score (nSPS) is 16.7. The van der Waals surface area contributed by atoms with Crippen molar-refractivity contribution in [3.63, 3.8) is 0 Å². The van der Waals surface area contributed by atoms with E-state index in [1.54, 1.807) is 36.6 Å². The number of nitrogens with zero attached hydrogens (tertiary/aromatic N) is 9. The van der Waals surface area contributed by atoms with Crippen LogP contribution >= 0.6 is 0 Å². The first-order chi connectivity index (χ1) is 21.6. The molecule has 6 rings (SSSR count). The Morgan fingerprint density at radius 3 is 2.57 bits per heavy atom. The van der Waals surface area contributed by atoms with Gasteiger partial charge in [-0.05, 0) is 49.6 Å². The zero-order valence-electron chi connectivity index (χ0n) is 25.0. The molecule has 228 valence electrons. The number of piperidine rings is 1. The standard InChI is InChI=1S/C31H36N10O3/c1-22(19-41-21-33-20-36-41)44-28-15-23(3-4-24(28)16-32)25-17-34-31(35-18-25)37-27-5-6-29(38-30(27)42-2)40-9-7-26(8-10-40)39-11-13-43-14-12-39/h3-6,15,17-18,20-22,26H,7-14,19H2,1-2H3,(H,34,35,37). The van der Waals surface area contributed by atoms with Crippen molar-refractivity contribution in [3.05, 3.63) is 60.9 Å². The number of morpholine rings is 1. The van der Waals surface area contributed by atoms with Gasteiger partial charge in [0.2, 0.25) is 11.8 Å². The molecule has 2 saturated heterocycles. The third-order valence-corrected chi connectivity index (χ3v) is 7.96. The van der Waals surface area contributed by atoms with Crippen LogP contribution in [-0.4, -0.2) is 93.3 Å². The molecule has 2 aliphatic rings. The SMILES string of the molecule is COc1nc(N2CCC(N3CCOCC3)CC2)ccc1Nc1ncc(-c2ccc(C#N)c(OC(C)Cn3cncn3)c2)cn1. The fourth-order valence-corrected chi connectivity index (χ4v) is 5.66. The van der Waals surface area contributed by atoms with Crippen LogP contribution in [0.25, 0.3) is 11.1 Å². The van der Waals surface area contributed by atoms with E-state index < -0.39 is 0 Å². The highest BCUT2D eigenvalue weighted by atomic mass is 16.5. The lowest BCUT2D eigenvalue weighted by atomic mass is 10.0. The molecule has 0 saturated carbocycles. The summed E-state index contributed by atoms with van der Waals surface area (Å²) in [5, 5.41) is 17.0. The minimum atomic E-state index is -0.223. The highest BCUT2D eigenvalue weighted by Crippen LogP contribution is 2.31. The van der Waals surface area contributed by atoms with Crippen molar-refractivity contribution in [2.75, 3.05) is 56.7 Å². The fourth-order valence-electron chi connectivity index (χ4n) is 5.66. The second-order valence-corrected chi connectivity index (χ2v) is 10.9. The molecule has 44 heavy (non-hydrogen) atoms. The van der Waals surface area contributed by atoms with Crippen molar-refractivity contribution in [2.24, 2.45) is 0 Å². The summed E-state index contributed by atoms with van der Waals surface area (Å²) in [6.07, 6.45) is 8.56. The molecule has 1 aromatic carbocycles. The predicted octanol–water partition coefficient (Wildman–Crippen LogP) is 3.52. The Morgan fingerprint density at radius 2 is 1.86 bits per heavy atom. The third-order valence-electron chi connectivity index (χ3n) is 7.96. The number of hydrogen-bond acceptors (Lipinski definition) is 12. The first-order valence-electron chi connectivity index (χ1n) is 14.8. The van der Waals surface area contributed by atoms with Crippen LogP contribution in [0.3, 0.4) is 0 Å². The molecule has 1 unspecified atom stereocenters. The second kappa shape index (κ2) is 13.7. The van der Waals surface area contributed by atoms with Gasteiger partial charge in [0.1, 0.15) is 42.1 Å². The van der Waals surface area contributed by atoms with Crippen LogP contribution in [0.15, 0.2) is 55.4 Å². The largest absolute Gasteiger partial charge is 0.487 e. The highest BCUT2D eigenvalue weighted by Gasteiger charge is 2.27. The van der Waals surface area contributed by atoms with Gasteiger partial charge in [-0.15, -0.1) is 0 Å². The van der Waals surface area contributed by atoms with E-state index in [-0.39, 0.29) is 6.10 Å². The molecule has 0 spiro atoms. The van der Waals surface area contributed by atoms with E-state index in [9.17, 15) is 5.26 Å². The van der Waals surface area contributed by atoms with Gasteiger partial charge in [0, 0.05) is 50.2 Å². The van der Waals surface area contributed by atoms with Crippen molar-refractivity contribution in [1.82, 2.24) is 34.6 Å². The molecule has 13 nitrogen and oxygen atoms in total. The molecular weight excluding hydrogens is 560 g/mol. The van der Waals surface area contributed by atoms with Gasteiger partial charge in [0.05, 0.1) is 32.4 Å². The first-order valence-corrected chi connectivity index (χ1v) is 14.8. The Hall–Kier alpha value is -4.80. The van der Waals surface area contributed by atoms with E-state index in [1.165, 1.54) is 6.33 Å². The van der Waals surface area contributed by atoms with Crippen LogP contribution in [0.4, 0.5) is 17.5 Å². The summed E-state index contributed by atoms with van der Waals surface area (Å²) in [6, 6.07) is 12.2. The summed E-state index contributed by atoms with van der Waals surface area (Å²) < 4.78 is 18.9. The van der Waals surface area contributed by atoms with E-state index in [2.05, 4.69) is 41.2 Å². The number of pyridine rings is 1. The topological polar surface area (TPSA) is 139 Å². The summed E-state index contributed by atoms with van der Waals surface area (Å²) in [4.78, 5) is 22.7. The molecule has 3 aromatic heterocycles. The predicted molar refractivity (Wildman–Crippen MR) is 164 cm³/mol. The van der Waals surface area contributed by atoms with Gasteiger partial charge < -0.3 is 24.4 Å². The third kappa shape index (κ3) is 6.88. The molecule has 0 aliphatic carbocycles. The van der Waals surface area contributed by atoms with Crippen LogP contribution in [0, 0.1) is 11.3 Å². The van der Waals surface area contributed by atoms with Gasteiger partial charge in [-0.3, -0.25) is 4.90 Å². The number of ether oxygens (including phenoxy) is 3. The summed E-state index contributed by atoms with van der Waals surface area (Å²) in [5.41, 5.74) is 2.75. The lowest BCUT2D eigenvalue weighted by Crippen LogP contribution is -2.49. The lowest BCUT2D eigenvalue weighted by molar-refractivity contribution is 0.0114. The van der Waals surface area contributed by atoms with E-state index in [1.807, 2.05) is 31.2 Å². The molecule has 0 bridgehead atoms. The average molecular weight is 597 g/mol. The maximum absolute atomic E-state index is 9.61. The van der Waals surface area contributed by atoms with Crippen LogP contribution < -0.4 is 19.7 Å². The Kier molecular flexibility index (Phi) is 9.09. The lowest BCUT2D eigenvalue weighted by Gasteiger charge is -2.40. The first kappa shape index (κ1) is 29.3. The molecular formula is C31H36N10O3. The van der Waals surface area contributed by atoms with Crippen LogP contribution in [0.2, 0.25) is 0 Å². The number of aromatic nitrogens is 6. The summed E-state index contributed by atoms with van der Waals surface area (Å²) >= 11 is 0. The number of hydrogen-bond donors (Lipinski definition) is 1. The molecule has 0 amide bonds. The summed E-state index contributed by atoms with van der Waals surface area (Å²) in [5.74, 6) is 2.29. The van der Waals surface area contributed by atoms with E-state index in [0.29, 0.717) is 41.4 Å². The van der Waals surface area contributed by atoms with Gasteiger partial charge in [-0.1, -0.05) is 6.07 Å². The monoisotopic (exact) mass is 596 g/mol. The van der Waals surface area contributed by atoms with Gasteiger partial charge >= 0.3 is 0 Å². The molecule has 13 heteroatoms. The van der Waals surface area contributed by atoms with Gasteiger partial charge in [0.25, 0.3) is 0 Å². The molecule has 2 aliphatic heterocycles. The Morgan fingerprint density at radius 1 is 1.07 bits per heavy atom. The number of nitriles is 1. The molecule has 1 atom stereocenters. The van der Waals surface area contributed by atoms with Gasteiger partial charge in [-0.2, -0.15) is 15.3 Å². The minimum absolute atomic E-state index is 0.223. The van der Waals surface area contributed by atoms with Crippen LogP contribution in [0.1, 0.15) is 25.3 Å². The maximum atomic E-state index is 9.61. The van der Waals surface area contributed by atoms with Crippen LogP contribution in [0.5, 0.6) is 11.6 Å². The van der Waals surface area contributed by atoms with Crippen LogP contribution in [-0.2, 0) is 11.3 Å². The molecule has 1 N–H and O–H groups in total. The Balaban J connectivity index is 1.10. The average Bonchev–Trinajstić information content (AvgIpc) is 3.58. The number of methoxy groups -OCH3 is 1. The van der Waals surface area contributed by atoms with Crippen molar-refractivity contribution < 1.29 is 14.2 Å². The number of anilines is 3. The van der Waals surface area contributed by atoms with E-state index in [4.69, 9.17) is 19.2 Å². The number of rotatable bonds is 10. The maximum Gasteiger partial charge on any atom is 0.239 e. The molecule has 0 radical (unpaired) electrons. The number of nitrogens with one attached hydrogen (secondary N) is 1. The quantitative estimate of drug-likeness (QED) is 0.286. The Labute approximate surface area is 256 Å². The molecule has 5 heterocycles. The zero-order valence-corrected chi connectivity index (χ0v) is 25.0. The summed E-state index contributed by atoms with van der Waals surface area (Å²) in [7, 11) is 1.61. The van der Waals surface area contributed by atoms with Crippen molar-refractivity contribution in [1.29, 1.82) is 5.26 Å². The Bertz CT molecular complexity index is 1560. The smallest absolute Gasteiger partial charge is 0.239 e. The molecule has 2 fully saturated rings.